The molecule has 1 heteroatoms. The zero-order valence-corrected chi connectivity index (χ0v) is 16.2. The lowest BCUT2D eigenvalue weighted by Crippen LogP contribution is -2.32. The molecule has 3 fully saturated rings. The topological polar surface area (TPSA) is 23.8 Å². The highest BCUT2D eigenvalue weighted by Crippen LogP contribution is 2.48. The van der Waals surface area contributed by atoms with Gasteiger partial charge in [0.15, 0.2) is 0 Å². The molecule has 24 heavy (non-hydrogen) atoms. The van der Waals surface area contributed by atoms with Crippen LogP contribution in [-0.2, 0) is 0 Å². The molecule has 0 saturated heterocycles. The molecule has 136 valence electrons. The molecule has 3 aliphatic rings. The first-order valence-corrected chi connectivity index (χ1v) is 11.0. The van der Waals surface area contributed by atoms with Crippen LogP contribution in [0.25, 0.3) is 0 Å². The van der Waals surface area contributed by atoms with Gasteiger partial charge >= 0.3 is 0 Å². The normalized spacial score (nSPS) is 44.0. The van der Waals surface area contributed by atoms with Crippen LogP contribution in [0, 0.1) is 46.3 Å². The van der Waals surface area contributed by atoms with E-state index < -0.39 is 0 Å². The fourth-order valence-corrected chi connectivity index (χ4v) is 6.49. The molecule has 0 spiro atoms. The molecule has 0 aliphatic heterocycles. The molecule has 1 nitrogen and oxygen atoms in total. The van der Waals surface area contributed by atoms with Crippen molar-refractivity contribution in [1.82, 2.24) is 0 Å². The van der Waals surface area contributed by atoms with E-state index in [9.17, 15) is 5.26 Å². The number of hydrogen-bond donors (Lipinski definition) is 0. The Balaban J connectivity index is 1.44. The maximum absolute atomic E-state index is 9.49. The summed E-state index contributed by atoms with van der Waals surface area (Å²) in [5.74, 6) is 4.92. The van der Waals surface area contributed by atoms with Crippen LogP contribution in [0.1, 0.15) is 104 Å². The van der Waals surface area contributed by atoms with E-state index in [-0.39, 0.29) is 5.41 Å². The van der Waals surface area contributed by atoms with Gasteiger partial charge in [-0.1, -0.05) is 45.4 Å². The van der Waals surface area contributed by atoms with E-state index in [2.05, 4.69) is 19.9 Å². The highest BCUT2D eigenvalue weighted by Gasteiger charge is 2.38. The minimum absolute atomic E-state index is 0.0164. The van der Waals surface area contributed by atoms with Gasteiger partial charge in [0, 0.05) is 0 Å². The fraction of sp³-hybridized carbons (Fsp3) is 0.957. The van der Waals surface area contributed by atoms with E-state index in [1.807, 2.05) is 0 Å². The first-order valence-electron chi connectivity index (χ1n) is 11.0. The van der Waals surface area contributed by atoms with Crippen LogP contribution in [0.2, 0.25) is 0 Å². The first-order chi connectivity index (χ1) is 11.6. The molecule has 3 aliphatic carbocycles. The predicted molar refractivity (Wildman–Crippen MR) is 101 cm³/mol. The Hall–Kier alpha value is -0.510. The monoisotopic (exact) mass is 329 g/mol. The Bertz CT molecular complexity index is 420. The summed E-state index contributed by atoms with van der Waals surface area (Å²) in [7, 11) is 0. The Labute approximate surface area is 150 Å². The number of hydrogen-bond acceptors (Lipinski definition) is 1. The molecule has 0 aromatic heterocycles. The van der Waals surface area contributed by atoms with Gasteiger partial charge in [-0.3, -0.25) is 0 Å². The minimum Gasteiger partial charge on any atom is -0.198 e. The number of nitriles is 1. The van der Waals surface area contributed by atoms with Crippen molar-refractivity contribution < 1.29 is 0 Å². The van der Waals surface area contributed by atoms with Gasteiger partial charge in [0.2, 0.25) is 0 Å². The van der Waals surface area contributed by atoms with Crippen molar-refractivity contribution in [2.24, 2.45) is 35.0 Å². The third-order valence-electron chi connectivity index (χ3n) is 8.02. The standard InChI is InChI=1S/C23H39N/c1-3-5-18-7-9-19(10-8-18)20-11-13-21(14-12-20)22-6-4-15-23(2,16-22)17-24/h18-22H,3-16H2,1-2H3/t18?,19?,20?,21?,22-,23+/m0/s1. The summed E-state index contributed by atoms with van der Waals surface area (Å²) in [5.41, 5.74) is -0.0164. The van der Waals surface area contributed by atoms with E-state index in [0.29, 0.717) is 0 Å². The smallest absolute Gasteiger partial charge is 0.0686 e. The summed E-state index contributed by atoms with van der Waals surface area (Å²) >= 11 is 0. The second kappa shape index (κ2) is 8.25. The lowest BCUT2D eigenvalue weighted by Gasteiger charge is -2.42. The van der Waals surface area contributed by atoms with Gasteiger partial charge in [-0.2, -0.15) is 5.26 Å². The largest absolute Gasteiger partial charge is 0.198 e. The van der Waals surface area contributed by atoms with Crippen LogP contribution < -0.4 is 0 Å². The zero-order chi connectivity index (χ0) is 17.0. The molecule has 0 heterocycles. The molecule has 0 amide bonds. The SMILES string of the molecule is CCCC1CCC(C2CCC([C@H]3CCC[C@@](C)(C#N)C3)CC2)CC1. The van der Waals surface area contributed by atoms with Gasteiger partial charge in [-0.05, 0) is 87.9 Å². The van der Waals surface area contributed by atoms with Crippen molar-refractivity contribution in [3.05, 3.63) is 0 Å². The van der Waals surface area contributed by atoms with Gasteiger partial charge in [0.05, 0.1) is 11.5 Å². The molecular formula is C23H39N. The summed E-state index contributed by atoms with van der Waals surface area (Å²) in [5, 5.41) is 9.49. The van der Waals surface area contributed by atoms with Crippen LogP contribution in [0.5, 0.6) is 0 Å². The van der Waals surface area contributed by atoms with Crippen molar-refractivity contribution in [2.45, 2.75) is 104 Å². The molecule has 0 unspecified atom stereocenters. The second-order valence-electron chi connectivity index (χ2n) is 9.77. The quantitative estimate of drug-likeness (QED) is 0.538. The van der Waals surface area contributed by atoms with Gasteiger partial charge < -0.3 is 0 Å². The van der Waals surface area contributed by atoms with Gasteiger partial charge in [-0.15, -0.1) is 0 Å². The molecule has 0 aromatic carbocycles. The van der Waals surface area contributed by atoms with Gasteiger partial charge in [-0.25, -0.2) is 0 Å². The zero-order valence-electron chi connectivity index (χ0n) is 16.2. The Morgan fingerprint density at radius 3 is 1.92 bits per heavy atom. The van der Waals surface area contributed by atoms with Crippen molar-refractivity contribution in [3.8, 4) is 6.07 Å². The van der Waals surface area contributed by atoms with E-state index in [1.165, 1.54) is 83.5 Å². The molecular weight excluding hydrogens is 290 g/mol. The van der Waals surface area contributed by atoms with E-state index in [1.54, 1.807) is 0 Å². The van der Waals surface area contributed by atoms with Crippen LogP contribution >= 0.6 is 0 Å². The van der Waals surface area contributed by atoms with E-state index in [4.69, 9.17) is 0 Å². The first kappa shape index (κ1) is 18.3. The fourth-order valence-electron chi connectivity index (χ4n) is 6.49. The summed E-state index contributed by atoms with van der Waals surface area (Å²) in [6.07, 6.45) is 19.8. The van der Waals surface area contributed by atoms with Gasteiger partial charge in [0.25, 0.3) is 0 Å². The molecule has 0 N–H and O–H groups in total. The lowest BCUT2D eigenvalue weighted by atomic mass is 9.62. The summed E-state index contributed by atoms with van der Waals surface area (Å²) < 4.78 is 0. The lowest BCUT2D eigenvalue weighted by molar-refractivity contribution is 0.0901. The van der Waals surface area contributed by atoms with Crippen molar-refractivity contribution in [3.63, 3.8) is 0 Å². The summed E-state index contributed by atoms with van der Waals surface area (Å²) in [4.78, 5) is 0. The summed E-state index contributed by atoms with van der Waals surface area (Å²) in [6.45, 7) is 4.55. The minimum atomic E-state index is -0.0164. The molecule has 3 saturated carbocycles. The van der Waals surface area contributed by atoms with Crippen molar-refractivity contribution in [2.75, 3.05) is 0 Å². The molecule has 2 atom stereocenters. The van der Waals surface area contributed by atoms with E-state index in [0.717, 1.165) is 36.0 Å². The Kier molecular flexibility index (Phi) is 6.28. The van der Waals surface area contributed by atoms with Gasteiger partial charge in [0.1, 0.15) is 0 Å². The van der Waals surface area contributed by atoms with Crippen LogP contribution in [0.3, 0.4) is 0 Å². The second-order valence-corrected chi connectivity index (χ2v) is 9.77. The number of nitrogens with zero attached hydrogens (tertiary/aromatic N) is 1. The summed E-state index contributed by atoms with van der Waals surface area (Å²) in [6, 6.07) is 2.62. The Morgan fingerprint density at radius 2 is 1.38 bits per heavy atom. The highest BCUT2D eigenvalue weighted by molar-refractivity contribution is 5.00. The molecule has 3 rings (SSSR count). The average Bonchev–Trinajstić information content (AvgIpc) is 2.63. The van der Waals surface area contributed by atoms with E-state index >= 15 is 0 Å². The van der Waals surface area contributed by atoms with Crippen LogP contribution in [-0.4, -0.2) is 0 Å². The Morgan fingerprint density at radius 1 is 0.833 bits per heavy atom. The van der Waals surface area contributed by atoms with Crippen LogP contribution in [0.4, 0.5) is 0 Å². The highest BCUT2D eigenvalue weighted by atomic mass is 14.4. The van der Waals surface area contributed by atoms with Crippen LogP contribution in [0.15, 0.2) is 0 Å². The number of rotatable bonds is 4. The van der Waals surface area contributed by atoms with Crippen molar-refractivity contribution >= 4 is 0 Å². The van der Waals surface area contributed by atoms with Crippen molar-refractivity contribution in [1.29, 1.82) is 5.26 Å². The molecule has 0 radical (unpaired) electrons. The predicted octanol–water partition coefficient (Wildman–Crippen LogP) is 7.12. The maximum atomic E-state index is 9.49. The maximum Gasteiger partial charge on any atom is 0.0686 e. The third kappa shape index (κ3) is 4.36. The average molecular weight is 330 g/mol. The third-order valence-corrected chi connectivity index (χ3v) is 8.02. The molecule has 0 aromatic rings. The molecule has 0 bridgehead atoms.